The highest BCUT2D eigenvalue weighted by Gasteiger charge is 2.41. The Labute approximate surface area is 232 Å². The lowest BCUT2D eigenvalue weighted by molar-refractivity contribution is -0.145. The van der Waals surface area contributed by atoms with Crippen LogP contribution in [-0.2, 0) is 16.2 Å². The van der Waals surface area contributed by atoms with Gasteiger partial charge in [-0.05, 0) is 79.3 Å². The summed E-state index contributed by atoms with van der Waals surface area (Å²) in [5.41, 5.74) is 5.93. The lowest BCUT2D eigenvalue weighted by Gasteiger charge is -2.23. The number of aryl methyl sites for hydroxylation is 3. The first kappa shape index (κ1) is 27.4. The Morgan fingerprint density at radius 3 is 2.39 bits per heavy atom. The standard InChI is InChI=1S/C30H29NO5S2/c1-5-35-25-15-21(11-12-24(25)36-17-23-14-19(3)18(2)13-20(23)4)16-26-28(32)31(30(37)38-26)27(29(33)34)22-9-7-6-8-10-22/h6-16,27H,5,17H2,1-4H3,(H,33,34)/b26-16+. The SMILES string of the molecule is CCOc1cc(/C=C2/SC(=S)N(C(C(=O)O)c3ccccc3)C2=O)ccc1OCc1cc(C)c(C)cc1C. The molecule has 3 aromatic rings. The molecule has 4 rings (SSSR count). The van der Waals surface area contributed by atoms with E-state index in [0.717, 1.165) is 27.8 Å². The monoisotopic (exact) mass is 547 g/mol. The number of carbonyl (C=O) groups is 2. The largest absolute Gasteiger partial charge is 0.490 e. The van der Waals surface area contributed by atoms with E-state index in [4.69, 9.17) is 21.7 Å². The third kappa shape index (κ3) is 5.92. The Kier molecular flexibility index (Phi) is 8.54. The van der Waals surface area contributed by atoms with Gasteiger partial charge in [-0.1, -0.05) is 72.5 Å². The lowest BCUT2D eigenvalue weighted by Crippen LogP contribution is -2.37. The Morgan fingerprint density at radius 1 is 1.00 bits per heavy atom. The van der Waals surface area contributed by atoms with Crippen molar-refractivity contribution in [3.63, 3.8) is 0 Å². The predicted octanol–water partition coefficient (Wildman–Crippen LogP) is 6.62. The van der Waals surface area contributed by atoms with E-state index in [9.17, 15) is 14.7 Å². The second-order valence-corrected chi connectivity index (χ2v) is 10.7. The summed E-state index contributed by atoms with van der Waals surface area (Å²) < 4.78 is 12.2. The molecular formula is C30H29NO5S2. The number of carboxylic acid groups (broad SMARTS) is 1. The highest BCUT2D eigenvalue weighted by Crippen LogP contribution is 2.39. The molecule has 0 spiro atoms. The minimum atomic E-state index is -1.20. The topological polar surface area (TPSA) is 76.1 Å². The van der Waals surface area contributed by atoms with Gasteiger partial charge in [0.15, 0.2) is 17.5 Å². The van der Waals surface area contributed by atoms with Gasteiger partial charge in [0, 0.05) is 0 Å². The molecule has 1 saturated heterocycles. The van der Waals surface area contributed by atoms with Crippen LogP contribution >= 0.6 is 24.0 Å². The van der Waals surface area contributed by atoms with Gasteiger partial charge in [-0.15, -0.1) is 0 Å². The van der Waals surface area contributed by atoms with E-state index in [1.807, 2.05) is 25.1 Å². The smallest absolute Gasteiger partial charge is 0.331 e. The molecule has 1 fully saturated rings. The van der Waals surface area contributed by atoms with Crippen molar-refractivity contribution in [2.45, 2.75) is 40.3 Å². The zero-order chi connectivity index (χ0) is 27.4. The van der Waals surface area contributed by atoms with Gasteiger partial charge in [-0.2, -0.15) is 0 Å². The fourth-order valence-electron chi connectivity index (χ4n) is 4.22. The lowest BCUT2D eigenvalue weighted by atomic mass is 10.0. The number of hydrogen-bond donors (Lipinski definition) is 1. The summed E-state index contributed by atoms with van der Waals surface area (Å²) in [6.45, 7) is 8.99. The zero-order valence-corrected chi connectivity index (χ0v) is 23.3. The van der Waals surface area contributed by atoms with Crippen LogP contribution in [-0.4, -0.2) is 32.8 Å². The number of carboxylic acids is 1. The number of carbonyl (C=O) groups excluding carboxylic acids is 1. The Morgan fingerprint density at radius 2 is 1.71 bits per heavy atom. The molecule has 8 heteroatoms. The molecule has 1 heterocycles. The molecule has 1 amide bonds. The second kappa shape index (κ2) is 11.8. The van der Waals surface area contributed by atoms with Gasteiger partial charge in [0.05, 0.1) is 11.5 Å². The quantitative estimate of drug-likeness (QED) is 0.238. The maximum atomic E-state index is 13.3. The zero-order valence-electron chi connectivity index (χ0n) is 21.7. The van der Waals surface area contributed by atoms with Crippen molar-refractivity contribution in [1.82, 2.24) is 4.90 Å². The minimum absolute atomic E-state index is 0.200. The molecule has 1 unspecified atom stereocenters. The highest BCUT2D eigenvalue weighted by molar-refractivity contribution is 8.26. The van der Waals surface area contributed by atoms with Crippen molar-refractivity contribution in [3.8, 4) is 11.5 Å². The summed E-state index contributed by atoms with van der Waals surface area (Å²) in [6, 6.07) is 17.2. The van der Waals surface area contributed by atoms with Crippen LogP contribution in [0.1, 0.15) is 46.3 Å². The molecule has 0 radical (unpaired) electrons. The van der Waals surface area contributed by atoms with Crippen molar-refractivity contribution in [2.24, 2.45) is 0 Å². The predicted molar refractivity (Wildman–Crippen MR) is 154 cm³/mol. The maximum Gasteiger partial charge on any atom is 0.331 e. The van der Waals surface area contributed by atoms with Crippen LogP contribution < -0.4 is 9.47 Å². The van der Waals surface area contributed by atoms with Crippen molar-refractivity contribution in [3.05, 3.63) is 98.9 Å². The second-order valence-electron chi connectivity index (χ2n) is 8.99. The maximum absolute atomic E-state index is 13.3. The normalized spacial score (nSPS) is 15.2. The number of rotatable bonds is 9. The van der Waals surface area contributed by atoms with Crippen LogP contribution in [0.2, 0.25) is 0 Å². The Hall–Kier alpha value is -3.62. The van der Waals surface area contributed by atoms with Crippen LogP contribution in [0, 0.1) is 20.8 Å². The number of aliphatic carboxylic acids is 1. The van der Waals surface area contributed by atoms with E-state index in [1.54, 1.807) is 36.4 Å². The van der Waals surface area contributed by atoms with E-state index < -0.39 is 17.9 Å². The first-order valence-electron chi connectivity index (χ1n) is 12.2. The van der Waals surface area contributed by atoms with Crippen molar-refractivity contribution < 1.29 is 24.2 Å². The molecule has 0 aliphatic carbocycles. The van der Waals surface area contributed by atoms with Gasteiger partial charge in [0.2, 0.25) is 0 Å². The first-order chi connectivity index (χ1) is 18.2. The molecule has 196 valence electrons. The minimum Gasteiger partial charge on any atom is -0.490 e. The number of thioether (sulfide) groups is 1. The fraction of sp³-hybridized carbons (Fsp3) is 0.233. The summed E-state index contributed by atoms with van der Waals surface area (Å²) >= 11 is 6.51. The van der Waals surface area contributed by atoms with Crippen molar-refractivity contribution >= 4 is 46.3 Å². The van der Waals surface area contributed by atoms with E-state index in [2.05, 4.69) is 32.9 Å². The average molecular weight is 548 g/mol. The Balaban J connectivity index is 1.58. The fourth-order valence-corrected chi connectivity index (χ4v) is 5.54. The van der Waals surface area contributed by atoms with Gasteiger partial charge >= 0.3 is 5.97 Å². The van der Waals surface area contributed by atoms with Crippen LogP contribution in [0.15, 0.2) is 65.6 Å². The van der Waals surface area contributed by atoms with Crippen LogP contribution in [0.3, 0.4) is 0 Å². The first-order valence-corrected chi connectivity index (χ1v) is 13.4. The molecule has 1 aliphatic heterocycles. The molecule has 6 nitrogen and oxygen atoms in total. The van der Waals surface area contributed by atoms with Gasteiger partial charge in [-0.3, -0.25) is 9.69 Å². The van der Waals surface area contributed by atoms with Gasteiger partial charge in [0.25, 0.3) is 5.91 Å². The van der Waals surface area contributed by atoms with Crippen LogP contribution in [0.25, 0.3) is 6.08 Å². The highest BCUT2D eigenvalue weighted by atomic mass is 32.2. The number of benzene rings is 3. The summed E-state index contributed by atoms with van der Waals surface area (Å²) in [7, 11) is 0. The molecule has 3 aromatic carbocycles. The van der Waals surface area contributed by atoms with Crippen molar-refractivity contribution in [2.75, 3.05) is 6.61 Å². The molecule has 0 saturated carbocycles. The van der Waals surface area contributed by atoms with E-state index in [1.165, 1.54) is 16.7 Å². The van der Waals surface area contributed by atoms with E-state index in [-0.39, 0.29) is 4.32 Å². The molecule has 1 atom stereocenters. The summed E-state index contributed by atoms with van der Waals surface area (Å²) in [5.74, 6) is -0.428. The molecule has 1 aliphatic rings. The van der Waals surface area contributed by atoms with E-state index >= 15 is 0 Å². The molecule has 1 N–H and O–H groups in total. The molecule has 0 aromatic heterocycles. The summed E-state index contributed by atoms with van der Waals surface area (Å²) in [5, 5.41) is 9.89. The number of thiocarbonyl (C=S) groups is 1. The van der Waals surface area contributed by atoms with E-state index in [0.29, 0.717) is 35.2 Å². The van der Waals surface area contributed by atoms with Crippen LogP contribution in [0.5, 0.6) is 11.5 Å². The number of hydrogen-bond acceptors (Lipinski definition) is 6. The van der Waals surface area contributed by atoms with Gasteiger partial charge < -0.3 is 14.6 Å². The number of ether oxygens (including phenoxy) is 2. The molecule has 0 bridgehead atoms. The van der Waals surface area contributed by atoms with Gasteiger partial charge in [0.1, 0.15) is 10.9 Å². The number of amides is 1. The Bertz CT molecular complexity index is 1420. The third-order valence-corrected chi connectivity index (χ3v) is 7.66. The average Bonchev–Trinajstić information content (AvgIpc) is 3.15. The molecular weight excluding hydrogens is 518 g/mol. The van der Waals surface area contributed by atoms with Gasteiger partial charge in [-0.25, -0.2) is 4.79 Å². The number of nitrogens with zero attached hydrogens (tertiary/aromatic N) is 1. The third-order valence-electron chi connectivity index (χ3n) is 6.33. The van der Waals surface area contributed by atoms with Crippen molar-refractivity contribution in [1.29, 1.82) is 0 Å². The van der Waals surface area contributed by atoms with Crippen LogP contribution in [0.4, 0.5) is 0 Å². The summed E-state index contributed by atoms with van der Waals surface area (Å²) in [6.07, 6.45) is 1.70. The molecule has 38 heavy (non-hydrogen) atoms. The summed E-state index contributed by atoms with van der Waals surface area (Å²) in [4.78, 5) is 26.9.